The molecule has 1 aliphatic rings. The average molecular weight is 421 g/mol. The van der Waals surface area contributed by atoms with E-state index in [1.807, 2.05) is 0 Å². The number of hydrogen-bond acceptors (Lipinski definition) is 6. The highest BCUT2D eigenvalue weighted by molar-refractivity contribution is 6.10. The van der Waals surface area contributed by atoms with Crippen LogP contribution < -0.4 is 14.8 Å². The van der Waals surface area contributed by atoms with Crippen molar-refractivity contribution in [1.29, 1.82) is 0 Å². The summed E-state index contributed by atoms with van der Waals surface area (Å²) in [5.74, 6) is 0.797. The minimum atomic E-state index is -0.472. The van der Waals surface area contributed by atoms with E-state index in [1.165, 1.54) is 13.5 Å². The van der Waals surface area contributed by atoms with Crippen LogP contribution in [0.15, 0.2) is 53.3 Å². The number of carbonyl (C=O) groups is 2. The molecule has 0 radical (unpaired) electrons. The Bertz CT molecular complexity index is 1100. The smallest absolute Gasteiger partial charge is 0.278 e. The molecule has 0 atom stereocenters. The lowest BCUT2D eigenvalue weighted by molar-refractivity contribution is 0.0794. The summed E-state index contributed by atoms with van der Waals surface area (Å²) >= 11 is 0. The second-order valence-corrected chi connectivity index (χ2v) is 7.10. The minimum absolute atomic E-state index is 0.0892. The number of hydrogen-bond donors (Lipinski definition) is 1. The summed E-state index contributed by atoms with van der Waals surface area (Å²) in [5, 5.41) is 2.81. The molecule has 31 heavy (non-hydrogen) atoms. The van der Waals surface area contributed by atoms with Gasteiger partial charge in [0.25, 0.3) is 11.8 Å². The molecule has 4 rings (SSSR count). The van der Waals surface area contributed by atoms with Crippen LogP contribution in [0.25, 0.3) is 11.3 Å². The van der Waals surface area contributed by atoms with Gasteiger partial charge in [-0.2, -0.15) is 0 Å². The van der Waals surface area contributed by atoms with Crippen LogP contribution in [0.4, 0.5) is 5.69 Å². The molecular weight excluding hydrogens is 398 g/mol. The van der Waals surface area contributed by atoms with Gasteiger partial charge in [-0.1, -0.05) is 12.1 Å². The van der Waals surface area contributed by atoms with E-state index < -0.39 is 5.91 Å². The molecule has 1 saturated heterocycles. The van der Waals surface area contributed by atoms with Gasteiger partial charge in [0.05, 0.1) is 25.5 Å². The van der Waals surface area contributed by atoms with E-state index in [2.05, 4.69) is 10.3 Å². The molecule has 0 unspecified atom stereocenters. The summed E-state index contributed by atoms with van der Waals surface area (Å²) in [5.41, 5.74) is 1.61. The summed E-state index contributed by atoms with van der Waals surface area (Å²) in [6, 6.07) is 12.2. The van der Waals surface area contributed by atoms with Crippen LogP contribution >= 0.6 is 0 Å². The first kappa shape index (κ1) is 20.5. The maximum absolute atomic E-state index is 13.0. The van der Waals surface area contributed by atoms with Crippen molar-refractivity contribution in [2.45, 2.75) is 12.8 Å². The predicted molar refractivity (Wildman–Crippen MR) is 115 cm³/mol. The molecule has 1 fully saturated rings. The molecule has 1 aromatic heterocycles. The fraction of sp³-hybridized carbons (Fsp3) is 0.261. The molecule has 0 spiro atoms. The van der Waals surface area contributed by atoms with Gasteiger partial charge in [0.15, 0.2) is 29.3 Å². The van der Waals surface area contributed by atoms with Gasteiger partial charge in [0.2, 0.25) is 0 Å². The Hall–Kier alpha value is -3.81. The lowest BCUT2D eigenvalue weighted by Crippen LogP contribution is -2.28. The highest BCUT2D eigenvalue weighted by atomic mass is 16.5. The van der Waals surface area contributed by atoms with Gasteiger partial charge in [0.1, 0.15) is 0 Å². The number of carbonyl (C=O) groups excluding carboxylic acids is 2. The number of methoxy groups -OCH3 is 2. The van der Waals surface area contributed by atoms with E-state index in [0.29, 0.717) is 34.1 Å². The molecular formula is C23H23N3O5. The monoisotopic (exact) mass is 421 g/mol. The fourth-order valence-electron chi connectivity index (χ4n) is 3.64. The van der Waals surface area contributed by atoms with Crippen LogP contribution in [0, 0.1) is 0 Å². The van der Waals surface area contributed by atoms with Crippen LogP contribution in [0.2, 0.25) is 0 Å². The SMILES string of the molecule is COc1ccc(-c2ocnc2C(=O)Nc2ccccc2C(=O)N2CCCC2)cc1OC. The van der Waals surface area contributed by atoms with Crippen molar-refractivity contribution in [3.63, 3.8) is 0 Å². The third-order valence-corrected chi connectivity index (χ3v) is 5.23. The molecule has 0 saturated carbocycles. The lowest BCUT2D eigenvalue weighted by Gasteiger charge is -2.17. The molecule has 2 aromatic carbocycles. The maximum atomic E-state index is 13.0. The van der Waals surface area contributed by atoms with Gasteiger partial charge in [-0.05, 0) is 43.2 Å². The Labute approximate surface area is 179 Å². The quantitative estimate of drug-likeness (QED) is 0.650. The lowest BCUT2D eigenvalue weighted by atomic mass is 10.1. The van der Waals surface area contributed by atoms with Crippen molar-refractivity contribution in [3.05, 3.63) is 60.1 Å². The molecule has 3 aromatic rings. The van der Waals surface area contributed by atoms with Gasteiger partial charge >= 0.3 is 0 Å². The van der Waals surface area contributed by atoms with Crippen molar-refractivity contribution < 1.29 is 23.5 Å². The summed E-state index contributed by atoms with van der Waals surface area (Å²) in [7, 11) is 3.08. The van der Waals surface area contributed by atoms with Crippen LogP contribution in [0.3, 0.4) is 0 Å². The number of aromatic nitrogens is 1. The van der Waals surface area contributed by atoms with E-state index in [1.54, 1.807) is 54.5 Å². The molecule has 0 bridgehead atoms. The topological polar surface area (TPSA) is 93.9 Å². The van der Waals surface area contributed by atoms with Crippen molar-refractivity contribution >= 4 is 17.5 Å². The zero-order valence-corrected chi connectivity index (χ0v) is 17.4. The van der Waals surface area contributed by atoms with Crippen molar-refractivity contribution in [1.82, 2.24) is 9.88 Å². The number of ether oxygens (including phenoxy) is 2. The highest BCUT2D eigenvalue weighted by Crippen LogP contribution is 2.34. The largest absolute Gasteiger partial charge is 0.493 e. The standard InChI is InChI=1S/C23H23N3O5/c1-29-18-10-9-15(13-19(18)30-2)21-20(24-14-31-21)22(27)25-17-8-4-3-7-16(17)23(28)26-11-5-6-12-26/h3-4,7-10,13-14H,5-6,11-12H2,1-2H3,(H,25,27). The number of nitrogens with zero attached hydrogens (tertiary/aromatic N) is 2. The number of amides is 2. The molecule has 2 heterocycles. The van der Waals surface area contributed by atoms with Gasteiger partial charge in [-0.15, -0.1) is 0 Å². The Morgan fingerprint density at radius 3 is 2.52 bits per heavy atom. The molecule has 8 nitrogen and oxygen atoms in total. The van der Waals surface area contributed by atoms with E-state index in [4.69, 9.17) is 13.9 Å². The van der Waals surface area contributed by atoms with Gasteiger partial charge in [-0.3, -0.25) is 9.59 Å². The van der Waals surface area contributed by atoms with Crippen LogP contribution in [0.1, 0.15) is 33.7 Å². The van der Waals surface area contributed by atoms with E-state index in [9.17, 15) is 9.59 Å². The number of anilines is 1. The molecule has 1 N–H and O–H groups in total. The zero-order valence-electron chi connectivity index (χ0n) is 17.4. The third kappa shape index (κ3) is 4.09. The molecule has 160 valence electrons. The van der Waals surface area contributed by atoms with E-state index in [0.717, 1.165) is 25.9 Å². The maximum Gasteiger partial charge on any atom is 0.278 e. The summed E-state index contributed by atoms with van der Waals surface area (Å²) in [6.07, 6.45) is 3.20. The summed E-state index contributed by atoms with van der Waals surface area (Å²) in [6.45, 7) is 1.46. The Balaban J connectivity index is 1.61. The number of para-hydroxylation sites is 1. The second kappa shape index (κ2) is 8.91. The first-order chi connectivity index (χ1) is 15.1. The number of benzene rings is 2. The second-order valence-electron chi connectivity index (χ2n) is 7.10. The highest BCUT2D eigenvalue weighted by Gasteiger charge is 2.24. The summed E-state index contributed by atoms with van der Waals surface area (Å²) < 4.78 is 16.1. The number of nitrogens with one attached hydrogen (secondary N) is 1. The van der Waals surface area contributed by atoms with Gasteiger partial charge in [-0.25, -0.2) is 4.98 Å². The Kier molecular flexibility index (Phi) is 5.88. The van der Waals surface area contributed by atoms with Crippen LogP contribution in [0.5, 0.6) is 11.5 Å². The average Bonchev–Trinajstić information content (AvgIpc) is 3.51. The molecule has 1 aliphatic heterocycles. The molecule has 2 amide bonds. The fourth-order valence-corrected chi connectivity index (χ4v) is 3.64. The predicted octanol–water partition coefficient (Wildman–Crippen LogP) is 3.85. The Morgan fingerprint density at radius 2 is 1.77 bits per heavy atom. The number of oxazole rings is 1. The minimum Gasteiger partial charge on any atom is -0.493 e. The first-order valence-electron chi connectivity index (χ1n) is 9.98. The molecule has 8 heteroatoms. The third-order valence-electron chi connectivity index (χ3n) is 5.23. The van der Waals surface area contributed by atoms with Crippen molar-refractivity contribution in [2.75, 3.05) is 32.6 Å². The summed E-state index contributed by atoms with van der Waals surface area (Å²) in [4.78, 5) is 31.8. The van der Waals surface area contributed by atoms with E-state index in [-0.39, 0.29) is 11.6 Å². The van der Waals surface area contributed by atoms with Crippen molar-refractivity contribution in [3.8, 4) is 22.8 Å². The normalized spacial score (nSPS) is 13.2. The number of likely N-dealkylation sites (tertiary alicyclic amines) is 1. The van der Waals surface area contributed by atoms with Gasteiger partial charge < -0.3 is 24.1 Å². The molecule has 0 aliphatic carbocycles. The Morgan fingerprint density at radius 1 is 1.03 bits per heavy atom. The first-order valence-corrected chi connectivity index (χ1v) is 9.98. The van der Waals surface area contributed by atoms with E-state index >= 15 is 0 Å². The van der Waals surface area contributed by atoms with Crippen LogP contribution in [-0.4, -0.2) is 49.0 Å². The van der Waals surface area contributed by atoms with Gasteiger partial charge in [0, 0.05) is 18.7 Å². The number of rotatable bonds is 6. The van der Waals surface area contributed by atoms with Crippen LogP contribution in [-0.2, 0) is 0 Å². The van der Waals surface area contributed by atoms with Crippen molar-refractivity contribution in [2.24, 2.45) is 0 Å². The zero-order chi connectivity index (χ0) is 21.8.